The van der Waals surface area contributed by atoms with Crippen molar-refractivity contribution in [2.24, 2.45) is 0 Å². The Kier molecular flexibility index (Phi) is 29.8. The molecule has 0 radical (unpaired) electrons. The largest absolute Gasteiger partial charge is 0.457 e. The highest BCUT2D eigenvalue weighted by Gasteiger charge is 2.41. The van der Waals surface area contributed by atoms with Crippen LogP contribution in [0, 0.1) is 13.8 Å². The van der Waals surface area contributed by atoms with Crippen molar-refractivity contribution in [2.45, 2.75) is 333 Å². The van der Waals surface area contributed by atoms with Gasteiger partial charge in [0.1, 0.15) is 46.0 Å². The van der Waals surface area contributed by atoms with Crippen LogP contribution in [0.25, 0.3) is 0 Å². The maximum Gasteiger partial charge on any atom is 0.230 e. The summed E-state index contributed by atoms with van der Waals surface area (Å²) in [5.41, 5.74) is 14.1. The van der Waals surface area contributed by atoms with Crippen molar-refractivity contribution < 1.29 is 37.9 Å². The van der Waals surface area contributed by atoms with Crippen LogP contribution in [0.4, 0.5) is 0 Å². The third-order valence-corrected chi connectivity index (χ3v) is 22.2. The van der Waals surface area contributed by atoms with E-state index in [0.717, 1.165) is 120 Å². The van der Waals surface area contributed by atoms with Crippen LogP contribution in [0.1, 0.15) is 375 Å². The predicted molar refractivity (Wildman–Crippen MR) is 380 cm³/mol. The molecule has 9 rings (SSSR count). The molecule has 4 heterocycles. The number of halogens is 2. The van der Waals surface area contributed by atoms with Crippen LogP contribution in [0.15, 0.2) is 24.3 Å². The Morgan fingerprint density at radius 3 is 0.611 bits per heavy atom. The van der Waals surface area contributed by atoms with Gasteiger partial charge in [0.05, 0.1) is 0 Å². The zero-order valence-electron chi connectivity index (χ0n) is 57.2. The minimum atomic E-state index is -0.0206. The highest BCUT2D eigenvalue weighted by molar-refractivity contribution is 9.08. The van der Waals surface area contributed by atoms with Crippen molar-refractivity contribution >= 4 is 31.9 Å². The fraction of sp³-hybridized carbons (Fsp3) is 0.700. The van der Waals surface area contributed by atoms with Crippen LogP contribution >= 0.6 is 31.9 Å². The standard InChI is InChI=1S/C80H118Br2O8/c1-7-11-15-19-23-27-31-35-39-43-59-63-47-64-60(44-40-36-32-28-24-20-16-12-8-2)69-50-70-62(46-42-38-34-30-26-22-18-14-10-4)66-48-65-61(45-41-37-33-29-25-21-17-13-9-3)68-49-67(59)77-71(51-81)78(68)88-55-85-75(65)58(6)76(66)86-56-90-80(70)72(52-82)79(69)89-54-84-74(64)57(5)73(63)83-53-87-77/h47-50,59-62H,7-46,51-56H2,1-6H3. The van der Waals surface area contributed by atoms with Gasteiger partial charge in [0, 0.05) is 101 Å². The van der Waals surface area contributed by atoms with E-state index in [1.54, 1.807) is 0 Å². The molecule has 8 bridgehead atoms. The van der Waals surface area contributed by atoms with Crippen LogP contribution in [0.3, 0.4) is 0 Å². The summed E-state index contributed by atoms with van der Waals surface area (Å²) in [5, 5.41) is 1.14. The van der Waals surface area contributed by atoms with Crippen LogP contribution in [-0.2, 0) is 10.7 Å². The minimum absolute atomic E-state index is 0.0206. The van der Waals surface area contributed by atoms with Gasteiger partial charge >= 0.3 is 0 Å². The Labute approximate surface area is 563 Å². The van der Waals surface area contributed by atoms with Crippen LogP contribution in [0.2, 0.25) is 0 Å². The van der Waals surface area contributed by atoms with Gasteiger partial charge in [-0.3, -0.25) is 0 Å². The second-order valence-electron chi connectivity index (χ2n) is 27.6. The van der Waals surface area contributed by atoms with E-state index in [2.05, 4.69) is 97.7 Å². The van der Waals surface area contributed by atoms with Crippen molar-refractivity contribution in [2.75, 3.05) is 27.2 Å². The highest BCUT2D eigenvalue weighted by atomic mass is 79.9. The lowest BCUT2D eigenvalue weighted by Gasteiger charge is -2.37. The first-order valence-corrected chi connectivity index (χ1v) is 39.5. The number of unbranched alkanes of at least 4 members (excludes halogenated alkanes) is 32. The van der Waals surface area contributed by atoms with Gasteiger partial charge < -0.3 is 37.9 Å². The van der Waals surface area contributed by atoms with E-state index in [1.165, 1.54) is 250 Å². The Bertz CT molecular complexity index is 2470. The third-order valence-electron chi connectivity index (χ3n) is 21.1. The summed E-state index contributed by atoms with van der Waals surface area (Å²) in [5.74, 6) is 7.00. The lowest BCUT2D eigenvalue weighted by molar-refractivity contribution is 0.0954. The second-order valence-corrected chi connectivity index (χ2v) is 28.8. The molecular weight excluding hydrogens is 1250 g/mol. The second kappa shape index (κ2) is 38.0. The molecule has 0 fully saturated rings. The van der Waals surface area contributed by atoms with Gasteiger partial charge in [-0.05, 0) is 63.8 Å². The molecule has 0 amide bonds. The van der Waals surface area contributed by atoms with Crippen molar-refractivity contribution in [3.63, 3.8) is 0 Å². The van der Waals surface area contributed by atoms with Crippen LogP contribution in [-0.4, -0.2) is 27.2 Å². The summed E-state index contributed by atoms with van der Waals surface area (Å²) in [6.07, 6.45) is 49.7. The van der Waals surface area contributed by atoms with E-state index >= 15 is 0 Å². The molecule has 0 N–H and O–H groups in total. The van der Waals surface area contributed by atoms with E-state index in [-0.39, 0.29) is 50.8 Å². The number of hydrogen-bond acceptors (Lipinski definition) is 8. The van der Waals surface area contributed by atoms with Crippen molar-refractivity contribution in [3.05, 3.63) is 91.0 Å². The van der Waals surface area contributed by atoms with E-state index < -0.39 is 0 Å². The molecule has 0 aromatic heterocycles. The predicted octanol–water partition coefficient (Wildman–Crippen LogP) is 25.5. The van der Waals surface area contributed by atoms with Crippen LogP contribution < -0.4 is 37.9 Å². The Hall–Kier alpha value is -3.76. The average Bonchev–Trinajstić information content (AvgIpc) is 0.778. The Balaban J connectivity index is 1.26. The van der Waals surface area contributed by atoms with Gasteiger partial charge in [-0.2, -0.15) is 0 Å². The Morgan fingerprint density at radius 1 is 0.256 bits per heavy atom. The topological polar surface area (TPSA) is 73.8 Å². The highest BCUT2D eigenvalue weighted by Crippen LogP contribution is 2.59. The Morgan fingerprint density at radius 2 is 0.422 bits per heavy atom. The maximum absolute atomic E-state index is 7.10. The number of ether oxygens (including phenoxy) is 8. The molecule has 8 nitrogen and oxygen atoms in total. The summed E-state index contributed by atoms with van der Waals surface area (Å²) in [7, 11) is 0. The molecule has 500 valence electrons. The molecular formula is C80H118Br2O8. The molecule has 4 aliphatic heterocycles. The van der Waals surface area contributed by atoms with Crippen LogP contribution in [0.5, 0.6) is 46.0 Å². The summed E-state index contributed by atoms with van der Waals surface area (Å²) in [6, 6.07) is 10.3. The van der Waals surface area contributed by atoms with Crippen molar-refractivity contribution in [3.8, 4) is 46.0 Å². The van der Waals surface area contributed by atoms with Gasteiger partial charge in [-0.1, -0.05) is 291 Å². The zero-order chi connectivity index (χ0) is 62.9. The van der Waals surface area contributed by atoms with Gasteiger partial charge in [0.2, 0.25) is 27.2 Å². The van der Waals surface area contributed by atoms with Gasteiger partial charge in [0.25, 0.3) is 0 Å². The maximum atomic E-state index is 7.10. The van der Waals surface area contributed by atoms with E-state index in [4.69, 9.17) is 37.9 Å². The molecule has 0 saturated heterocycles. The quantitative estimate of drug-likeness (QED) is 0.0321. The normalized spacial score (nSPS) is 17.5. The first kappa shape index (κ1) is 70.6. The molecule has 5 aliphatic rings. The first-order chi connectivity index (χ1) is 44.4. The zero-order valence-corrected chi connectivity index (χ0v) is 60.3. The van der Waals surface area contributed by atoms with E-state index in [1.807, 2.05) is 0 Å². The molecule has 4 aromatic carbocycles. The van der Waals surface area contributed by atoms with E-state index in [9.17, 15) is 0 Å². The summed E-state index contributed by atoms with van der Waals surface area (Å²) in [6.45, 7) is 14.0. The number of hydrogen-bond donors (Lipinski definition) is 0. The summed E-state index contributed by atoms with van der Waals surface area (Å²) >= 11 is 8.21. The lowest BCUT2D eigenvalue weighted by atomic mass is 9.74. The molecule has 4 atom stereocenters. The summed E-state index contributed by atoms with van der Waals surface area (Å²) in [4.78, 5) is 0. The number of benzene rings is 4. The number of alkyl halides is 2. The smallest absolute Gasteiger partial charge is 0.230 e. The fourth-order valence-electron chi connectivity index (χ4n) is 16.1. The van der Waals surface area contributed by atoms with Gasteiger partial charge in [-0.15, -0.1) is 0 Å². The minimum Gasteiger partial charge on any atom is -0.457 e. The fourth-order valence-corrected chi connectivity index (χ4v) is 17.1. The third kappa shape index (κ3) is 18.0. The van der Waals surface area contributed by atoms with Crippen molar-refractivity contribution in [1.29, 1.82) is 0 Å². The molecule has 0 spiro atoms. The first-order valence-electron chi connectivity index (χ1n) is 37.3. The lowest BCUT2D eigenvalue weighted by Crippen LogP contribution is -2.25. The monoisotopic (exact) mass is 1360 g/mol. The molecule has 10 heteroatoms. The SMILES string of the molecule is CCCCCCCCCCCC1c2cc3c4c(C)c2OCOc2c1cc1c(c2CBr)OCOc2c(cc5c(c2C)OCOc2c(cc(c(c2CBr)OCO4)C3CCCCCCCCCCC)C5CCCCCCCCCCC)C1CCCCCCCCCCC. The van der Waals surface area contributed by atoms with Gasteiger partial charge in [0.15, 0.2) is 0 Å². The molecule has 1 aliphatic carbocycles. The number of rotatable bonds is 42. The van der Waals surface area contributed by atoms with Crippen molar-refractivity contribution in [1.82, 2.24) is 0 Å². The average molecular weight is 1370 g/mol. The molecule has 90 heavy (non-hydrogen) atoms. The molecule has 4 aromatic rings. The van der Waals surface area contributed by atoms with E-state index in [0.29, 0.717) is 10.7 Å². The van der Waals surface area contributed by atoms with Gasteiger partial charge in [-0.25, -0.2) is 0 Å². The molecule has 4 unspecified atom stereocenters. The molecule has 0 saturated carbocycles. The summed E-state index contributed by atoms with van der Waals surface area (Å²) < 4.78 is 56.7.